The predicted octanol–water partition coefficient (Wildman–Crippen LogP) is 3.98. The van der Waals surface area contributed by atoms with Crippen molar-refractivity contribution in [1.82, 2.24) is 10.6 Å². The Bertz CT molecular complexity index is 1380. The fraction of sp³-hybridized carbons (Fsp3) is 0.188. The van der Waals surface area contributed by atoms with Crippen LogP contribution in [0.5, 0.6) is 0 Å². The third kappa shape index (κ3) is 8.18. The summed E-state index contributed by atoms with van der Waals surface area (Å²) in [6, 6.07) is 31.9. The van der Waals surface area contributed by atoms with Gasteiger partial charge in [0.05, 0.1) is 12.1 Å². The predicted molar refractivity (Wildman–Crippen MR) is 155 cm³/mol. The van der Waals surface area contributed by atoms with Crippen LogP contribution in [-0.2, 0) is 12.8 Å². The van der Waals surface area contributed by atoms with Crippen LogP contribution in [-0.4, -0.2) is 35.1 Å². The highest BCUT2D eigenvalue weighted by atomic mass is 16.3. The van der Waals surface area contributed by atoms with Gasteiger partial charge in [-0.3, -0.25) is 9.59 Å². The Hall–Kier alpha value is -4.62. The van der Waals surface area contributed by atoms with Gasteiger partial charge in [-0.1, -0.05) is 72.8 Å². The lowest BCUT2D eigenvalue weighted by molar-refractivity contribution is 0.0755. The SMILES string of the molecule is Nc1cccc(C(=O)N[C@@H](Cc2ccccc2)C[C@H](O)[C@H](Cc2ccccc2)NC(=O)c2cccc(N)c2)c1. The van der Waals surface area contributed by atoms with Gasteiger partial charge in [0.15, 0.2) is 0 Å². The van der Waals surface area contributed by atoms with Crippen LogP contribution in [0.2, 0.25) is 0 Å². The number of hydrogen-bond donors (Lipinski definition) is 5. The van der Waals surface area contributed by atoms with Crippen LogP contribution in [0.1, 0.15) is 38.3 Å². The van der Waals surface area contributed by atoms with Gasteiger partial charge in [0.25, 0.3) is 11.8 Å². The summed E-state index contributed by atoms with van der Waals surface area (Å²) < 4.78 is 0. The third-order valence-electron chi connectivity index (χ3n) is 6.56. The molecular weight excluding hydrogens is 488 g/mol. The van der Waals surface area contributed by atoms with Crippen molar-refractivity contribution in [3.8, 4) is 0 Å². The normalized spacial score (nSPS) is 13.2. The Kier molecular flexibility index (Phi) is 9.32. The van der Waals surface area contributed by atoms with Crippen LogP contribution in [0.15, 0.2) is 109 Å². The first-order chi connectivity index (χ1) is 18.9. The second-order valence-electron chi connectivity index (χ2n) is 9.68. The van der Waals surface area contributed by atoms with E-state index in [1.165, 1.54) is 0 Å². The molecule has 7 N–H and O–H groups in total. The quantitative estimate of drug-likeness (QED) is 0.190. The molecule has 4 aromatic carbocycles. The van der Waals surface area contributed by atoms with Crippen LogP contribution >= 0.6 is 0 Å². The number of carbonyl (C=O) groups is 2. The lowest BCUT2D eigenvalue weighted by Crippen LogP contribution is -2.48. The number of aliphatic hydroxyl groups is 1. The summed E-state index contributed by atoms with van der Waals surface area (Å²) in [7, 11) is 0. The van der Waals surface area contributed by atoms with Crippen molar-refractivity contribution in [2.75, 3.05) is 11.5 Å². The summed E-state index contributed by atoms with van der Waals surface area (Å²) in [6.45, 7) is 0. The molecule has 0 aliphatic rings. The van der Waals surface area contributed by atoms with E-state index in [4.69, 9.17) is 11.5 Å². The van der Waals surface area contributed by atoms with Crippen molar-refractivity contribution in [3.63, 3.8) is 0 Å². The lowest BCUT2D eigenvalue weighted by Gasteiger charge is -2.28. The number of carbonyl (C=O) groups excluding carboxylic acids is 2. The molecule has 0 heterocycles. The fourth-order valence-electron chi connectivity index (χ4n) is 4.58. The monoisotopic (exact) mass is 522 g/mol. The average molecular weight is 523 g/mol. The number of nitrogens with one attached hydrogen (secondary N) is 2. The molecule has 0 aromatic heterocycles. The maximum absolute atomic E-state index is 13.1. The number of anilines is 2. The van der Waals surface area contributed by atoms with Crippen molar-refractivity contribution in [2.24, 2.45) is 0 Å². The molecule has 7 nitrogen and oxygen atoms in total. The Morgan fingerprint density at radius 3 is 1.64 bits per heavy atom. The molecule has 0 bridgehead atoms. The molecule has 0 radical (unpaired) electrons. The molecule has 39 heavy (non-hydrogen) atoms. The Morgan fingerprint density at radius 1 is 0.641 bits per heavy atom. The second-order valence-corrected chi connectivity index (χ2v) is 9.68. The smallest absolute Gasteiger partial charge is 0.251 e. The molecule has 0 unspecified atom stereocenters. The zero-order chi connectivity index (χ0) is 27.6. The van der Waals surface area contributed by atoms with Crippen molar-refractivity contribution in [2.45, 2.75) is 37.5 Å². The molecule has 0 aliphatic heterocycles. The highest BCUT2D eigenvalue weighted by Gasteiger charge is 2.27. The van der Waals surface area contributed by atoms with E-state index in [9.17, 15) is 14.7 Å². The maximum atomic E-state index is 13.1. The summed E-state index contributed by atoms with van der Waals surface area (Å²) in [6.07, 6.45) is 0.187. The summed E-state index contributed by atoms with van der Waals surface area (Å²) in [4.78, 5) is 26.2. The third-order valence-corrected chi connectivity index (χ3v) is 6.56. The Morgan fingerprint density at radius 2 is 1.13 bits per heavy atom. The number of rotatable bonds is 11. The highest BCUT2D eigenvalue weighted by molar-refractivity contribution is 5.95. The van der Waals surface area contributed by atoms with Gasteiger partial charge in [-0.2, -0.15) is 0 Å². The fourth-order valence-corrected chi connectivity index (χ4v) is 4.58. The topological polar surface area (TPSA) is 130 Å². The zero-order valence-electron chi connectivity index (χ0n) is 21.7. The molecule has 7 heteroatoms. The van der Waals surface area contributed by atoms with Gasteiger partial charge in [0, 0.05) is 28.5 Å². The number of nitrogens with two attached hydrogens (primary N) is 2. The average Bonchev–Trinajstić information content (AvgIpc) is 2.93. The number of amides is 2. The van der Waals surface area contributed by atoms with Crippen LogP contribution < -0.4 is 22.1 Å². The molecule has 4 aromatic rings. The van der Waals surface area contributed by atoms with Crippen LogP contribution in [0.3, 0.4) is 0 Å². The highest BCUT2D eigenvalue weighted by Crippen LogP contribution is 2.16. The largest absolute Gasteiger partial charge is 0.399 e. The first kappa shape index (κ1) is 27.4. The van der Waals surface area contributed by atoms with Gasteiger partial charge in [-0.25, -0.2) is 0 Å². The molecule has 0 spiro atoms. The van der Waals surface area contributed by atoms with E-state index >= 15 is 0 Å². The van der Waals surface area contributed by atoms with E-state index < -0.39 is 18.2 Å². The van der Waals surface area contributed by atoms with Gasteiger partial charge in [0.1, 0.15) is 0 Å². The minimum Gasteiger partial charge on any atom is -0.399 e. The summed E-state index contributed by atoms with van der Waals surface area (Å²) in [5.41, 5.74) is 15.6. The summed E-state index contributed by atoms with van der Waals surface area (Å²) in [5.74, 6) is -0.607. The molecule has 0 fully saturated rings. The van der Waals surface area contributed by atoms with Crippen molar-refractivity contribution in [3.05, 3.63) is 131 Å². The Balaban J connectivity index is 1.55. The zero-order valence-corrected chi connectivity index (χ0v) is 21.7. The van der Waals surface area contributed by atoms with Gasteiger partial charge >= 0.3 is 0 Å². The minimum absolute atomic E-state index is 0.220. The van der Waals surface area contributed by atoms with Gasteiger partial charge in [0.2, 0.25) is 0 Å². The molecule has 0 saturated carbocycles. The van der Waals surface area contributed by atoms with E-state index in [-0.39, 0.29) is 18.2 Å². The van der Waals surface area contributed by atoms with Crippen molar-refractivity contribution in [1.29, 1.82) is 0 Å². The maximum Gasteiger partial charge on any atom is 0.251 e. The molecule has 3 atom stereocenters. The van der Waals surface area contributed by atoms with Gasteiger partial charge in [-0.15, -0.1) is 0 Å². The van der Waals surface area contributed by atoms with E-state index in [0.29, 0.717) is 35.3 Å². The van der Waals surface area contributed by atoms with Crippen molar-refractivity contribution < 1.29 is 14.7 Å². The van der Waals surface area contributed by atoms with Gasteiger partial charge < -0.3 is 27.2 Å². The van der Waals surface area contributed by atoms with Crippen molar-refractivity contribution >= 4 is 23.2 Å². The first-order valence-electron chi connectivity index (χ1n) is 13.0. The molecular formula is C32H34N4O3. The summed E-state index contributed by atoms with van der Waals surface area (Å²) in [5, 5.41) is 17.6. The van der Waals surface area contributed by atoms with Crippen LogP contribution in [0.25, 0.3) is 0 Å². The lowest BCUT2D eigenvalue weighted by atomic mass is 9.93. The van der Waals surface area contributed by atoms with Crippen LogP contribution in [0.4, 0.5) is 11.4 Å². The molecule has 0 aliphatic carbocycles. The van der Waals surface area contributed by atoms with Gasteiger partial charge in [-0.05, 0) is 66.8 Å². The molecule has 200 valence electrons. The first-order valence-corrected chi connectivity index (χ1v) is 13.0. The Labute approximate surface area is 228 Å². The van der Waals surface area contributed by atoms with E-state index in [1.807, 2.05) is 60.7 Å². The number of hydrogen-bond acceptors (Lipinski definition) is 5. The number of aliphatic hydroxyl groups excluding tert-OH is 1. The van der Waals surface area contributed by atoms with E-state index in [2.05, 4.69) is 10.6 Å². The standard InChI is InChI=1S/C32H34N4O3/c33-26-15-7-13-24(19-26)31(38)35-28(17-22-9-3-1-4-10-22)21-30(37)29(18-23-11-5-2-6-12-23)36-32(39)25-14-8-16-27(34)20-25/h1-16,19-20,28-30,37H,17-18,21,33-34H2,(H,35,38)(H,36,39)/t28-,29-,30-/m0/s1. The molecule has 4 rings (SSSR count). The molecule has 2 amide bonds. The minimum atomic E-state index is -0.954. The van der Waals surface area contributed by atoms with Crippen LogP contribution in [0, 0.1) is 0 Å². The molecule has 0 saturated heterocycles. The number of benzene rings is 4. The number of nitrogen functional groups attached to an aromatic ring is 2. The van der Waals surface area contributed by atoms with E-state index in [0.717, 1.165) is 11.1 Å². The van der Waals surface area contributed by atoms with E-state index in [1.54, 1.807) is 48.5 Å². The summed E-state index contributed by atoms with van der Waals surface area (Å²) >= 11 is 0. The second kappa shape index (κ2) is 13.3.